The van der Waals surface area contributed by atoms with Crippen molar-refractivity contribution >= 4 is 23.6 Å². The quantitative estimate of drug-likeness (QED) is 0.497. The number of rotatable bonds is 8. The first kappa shape index (κ1) is 21.9. The molecule has 2 aromatic carbocycles. The lowest BCUT2D eigenvalue weighted by Crippen LogP contribution is -2.38. The van der Waals surface area contributed by atoms with E-state index >= 15 is 0 Å². The second-order valence-electron chi connectivity index (χ2n) is 8.14. The third-order valence-electron chi connectivity index (χ3n) is 5.88. The molecule has 1 N–H and O–H groups in total. The molecular weight excluding hydrogens is 406 g/mol. The maximum atomic E-state index is 12.5. The number of benzene rings is 2. The lowest BCUT2D eigenvalue weighted by Gasteiger charge is -2.27. The molecule has 0 radical (unpaired) electrons. The fourth-order valence-electron chi connectivity index (χ4n) is 4.05. The van der Waals surface area contributed by atoms with Crippen LogP contribution in [0.5, 0.6) is 5.75 Å². The summed E-state index contributed by atoms with van der Waals surface area (Å²) in [5.74, 6) is 0.765. The van der Waals surface area contributed by atoms with E-state index in [4.69, 9.17) is 9.47 Å². The Morgan fingerprint density at radius 3 is 2.72 bits per heavy atom. The number of amides is 1. The van der Waals surface area contributed by atoms with Crippen molar-refractivity contribution in [3.63, 3.8) is 0 Å². The third kappa shape index (κ3) is 5.29. The molecule has 0 atom stereocenters. The highest BCUT2D eigenvalue weighted by atomic mass is 16.6. The van der Waals surface area contributed by atoms with E-state index in [-0.39, 0.29) is 13.2 Å². The summed E-state index contributed by atoms with van der Waals surface area (Å²) >= 11 is 0. The number of hydrogen-bond donors (Lipinski definition) is 1. The van der Waals surface area contributed by atoms with Crippen LogP contribution in [0.4, 0.5) is 10.5 Å². The third-order valence-corrected chi connectivity index (χ3v) is 5.88. The van der Waals surface area contributed by atoms with Crippen LogP contribution in [0.1, 0.15) is 30.9 Å². The molecule has 2 aliphatic rings. The summed E-state index contributed by atoms with van der Waals surface area (Å²) in [7, 11) is 0. The van der Waals surface area contributed by atoms with Gasteiger partial charge in [0.25, 0.3) is 0 Å². The number of nitrogens with one attached hydrogen (secondary N) is 1. The first-order valence-electron chi connectivity index (χ1n) is 11.0. The molecule has 0 aromatic heterocycles. The zero-order valence-electron chi connectivity index (χ0n) is 18.4. The van der Waals surface area contributed by atoms with Gasteiger partial charge in [-0.25, -0.2) is 9.80 Å². The molecule has 7 nitrogen and oxygen atoms in total. The summed E-state index contributed by atoms with van der Waals surface area (Å²) in [6, 6.07) is 15.1. The first-order valence-corrected chi connectivity index (χ1v) is 11.0. The fourth-order valence-corrected chi connectivity index (χ4v) is 4.05. The van der Waals surface area contributed by atoms with Crippen molar-refractivity contribution in [1.29, 1.82) is 0 Å². The van der Waals surface area contributed by atoms with E-state index in [1.165, 1.54) is 24.0 Å². The molecular formula is C25H29N3O4. The lowest BCUT2D eigenvalue weighted by molar-refractivity contribution is -0.108. The predicted octanol–water partition coefficient (Wildman–Crippen LogP) is 4.11. The van der Waals surface area contributed by atoms with Gasteiger partial charge in [0.15, 0.2) is 0 Å². The van der Waals surface area contributed by atoms with E-state index in [9.17, 15) is 9.59 Å². The number of aldehydes is 1. The Balaban J connectivity index is 1.42. The number of hydrazine groups is 1. The number of fused-ring (bicyclic) bond motifs is 1. The van der Waals surface area contributed by atoms with Crippen LogP contribution >= 0.6 is 0 Å². The van der Waals surface area contributed by atoms with Crippen LogP contribution in [-0.4, -0.2) is 55.1 Å². The van der Waals surface area contributed by atoms with Gasteiger partial charge in [-0.2, -0.15) is 0 Å². The molecule has 1 amide bonds. The number of anilines is 1. The number of carbonyl (C=O) groups excluding carboxylic acids is 2. The van der Waals surface area contributed by atoms with E-state index in [1.807, 2.05) is 48.5 Å². The highest BCUT2D eigenvalue weighted by Crippen LogP contribution is 2.35. The molecule has 2 aromatic rings. The van der Waals surface area contributed by atoms with Gasteiger partial charge in [0, 0.05) is 18.2 Å². The van der Waals surface area contributed by atoms with Crippen molar-refractivity contribution in [3.8, 4) is 5.75 Å². The highest BCUT2D eigenvalue weighted by Gasteiger charge is 2.22. The summed E-state index contributed by atoms with van der Waals surface area (Å²) < 4.78 is 11.4. The van der Waals surface area contributed by atoms with Gasteiger partial charge >= 0.3 is 6.09 Å². The number of ether oxygens (including phenoxy) is 2. The summed E-state index contributed by atoms with van der Waals surface area (Å²) in [5, 5.41) is 1.15. The molecule has 32 heavy (non-hydrogen) atoms. The van der Waals surface area contributed by atoms with Crippen LogP contribution in [0.3, 0.4) is 0 Å². The van der Waals surface area contributed by atoms with E-state index in [2.05, 4.69) is 17.2 Å². The lowest BCUT2D eigenvalue weighted by atomic mass is 9.98. The standard InChI is InChI=1S/C25H29N3O4/c1-19-21(16-27-11-5-6-12-27)18-31-24-15-22(9-10-23(19)24)26-28(13-14-29)25(30)32-17-20-7-3-2-4-8-20/h2-4,7-10,14-15,26H,5-6,11-13,16-18H2,1H3. The van der Waals surface area contributed by atoms with Gasteiger partial charge in [-0.05, 0) is 61.7 Å². The van der Waals surface area contributed by atoms with E-state index < -0.39 is 6.09 Å². The van der Waals surface area contributed by atoms with Crippen LogP contribution in [0.15, 0.2) is 54.1 Å². The average molecular weight is 436 g/mol. The second kappa shape index (κ2) is 10.3. The smallest absolute Gasteiger partial charge is 0.429 e. The zero-order valence-corrected chi connectivity index (χ0v) is 18.4. The molecule has 0 aliphatic carbocycles. The Labute approximate surface area is 188 Å². The minimum absolute atomic E-state index is 0.133. The highest BCUT2D eigenvalue weighted by molar-refractivity contribution is 5.77. The number of hydrogen-bond acceptors (Lipinski definition) is 6. The molecule has 1 saturated heterocycles. The molecule has 0 unspecified atom stereocenters. The van der Waals surface area contributed by atoms with Crippen LogP contribution in [-0.2, 0) is 16.1 Å². The van der Waals surface area contributed by atoms with Crippen molar-refractivity contribution in [2.45, 2.75) is 26.4 Å². The summed E-state index contributed by atoms with van der Waals surface area (Å²) in [5.41, 5.74) is 8.12. The van der Waals surface area contributed by atoms with Crippen LogP contribution in [0.2, 0.25) is 0 Å². The van der Waals surface area contributed by atoms with Crippen LogP contribution < -0.4 is 10.2 Å². The fraction of sp³-hybridized carbons (Fsp3) is 0.360. The SMILES string of the molecule is CC1=C(CN2CCCC2)COc2cc(NN(CC=O)C(=O)OCc3ccccc3)ccc21. The summed E-state index contributed by atoms with van der Waals surface area (Å²) in [6.07, 6.45) is 2.57. The van der Waals surface area contributed by atoms with Gasteiger partial charge in [0.2, 0.25) is 0 Å². The van der Waals surface area contributed by atoms with Crippen LogP contribution in [0, 0.1) is 0 Å². The second-order valence-corrected chi connectivity index (χ2v) is 8.14. The molecule has 0 saturated carbocycles. The van der Waals surface area contributed by atoms with Crippen molar-refractivity contribution in [1.82, 2.24) is 9.91 Å². The molecule has 4 rings (SSSR count). The topological polar surface area (TPSA) is 71.1 Å². The monoisotopic (exact) mass is 435 g/mol. The summed E-state index contributed by atoms with van der Waals surface area (Å²) in [4.78, 5) is 26.1. The molecule has 1 fully saturated rings. The van der Waals surface area contributed by atoms with Gasteiger partial charge in [0.05, 0.1) is 5.69 Å². The normalized spacial score (nSPS) is 15.7. The average Bonchev–Trinajstić information content (AvgIpc) is 3.33. The van der Waals surface area contributed by atoms with Gasteiger partial charge in [0.1, 0.15) is 31.8 Å². The number of allylic oxidation sites excluding steroid dienone is 1. The Bertz CT molecular complexity index is 984. The van der Waals surface area contributed by atoms with Gasteiger partial charge in [-0.15, -0.1) is 0 Å². The van der Waals surface area contributed by atoms with Crippen molar-refractivity contribution < 1.29 is 19.1 Å². The van der Waals surface area contributed by atoms with E-state index in [0.717, 1.165) is 41.5 Å². The Morgan fingerprint density at radius 1 is 1.19 bits per heavy atom. The van der Waals surface area contributed by atoms with Crippen molar-refractivity contribution in [2.75, 3.05) is 38.2 Å². The predicted molar refractivity (Wildman–Crippen MR) is 123 cm³/mol. The van der Waals surface area contributed by atoms with Crippen molar-refractivity contribution in [2.24, 2.45) is 0 Å². The summed E-state index contributed by atoms with van der Waals surface area (Å²) in [6.45, 7) is 5.96. The minimum atomic E-state index is -0.622. The van der Waals surface area contributed by atoms with Gasteiger partial charge in [-0.3, -0.25) is 10.3 Å². The molecule has 0 spiro atoms. The van der Waals surface area contributed by atoms with Crippen molar-refractivity contribution in [3.05, 3.63) is 65.2 Å². The minimum Gasteiger partial charge on any atom is -0.488 e. The first-order chi connectivity index (χ1) is 15.6. The maximum Gasteiger partial charge on any atom is 0.429 e. The molecule has 7 heteroatoms. The molecule has 168 valence electrons. The van der Waals surface area contributed by atoms with E-state index in [1.54, 1.807) is 0 Å². The number of likely N-dealkylation sites (tertiary alicyclic amines) is 1. The van der Waals surface area contributed by atoms with Crippen LogP contribution in [0.25, 0.3) is 5.57 Å². The molecule has 2 aliphatic heterocycles. The maximum absolute atomic E-state index is 12.5. The van der Waals surface area contributed by atoms with Gasteiger partial charge in [-0.1, -0.05) is 30.3 Å². The zero-order chi connectivity index (χ0) is 22.3. The Hall–Kier alpha value is -3.32. The number of nitrogens with zero attached hydrogens (tertiary/aromatic N) is 2. The number of carbonyl (C=O) groups is 2. The van der Waals surface area contributed by atoms with Gasteiger partial charge < -0.3 is 14.3 Å². The Morgan fingerprint density at radius 2 is 1.97 bits per heavy atom. The largest absolute Gasteiger partial charge is 0.488 e. The Kier molecular flexibility index (Phi) is 7.07. The molecule has 0 bridgehead atoms. The van der Waals surface area contributed by atoms with E-state index in [0.29, 0.717) is 18.6 Å². The molecule has 2 heterocycles.